The monoisotopic (exact) mass is 844 g/mol. The van der Waals surface area contributed by atoms with E-state index in [-0.39, 0.29) is 21.7 Å². The molecule has 8 aromatic rings. The van der Waals surface area contributed by atoms with Gasteiger partial charge in [0.25, 0.3) is 0 Å². The second-order valence-electron chi connectivity index (χ2n) is 22.0. The summed E-state index contributed by atoms with van der Waals surface area (Å²) in [7, 11) is 0.838. The van der Waals surface area contributed by atoms with Crippen molar-refractivity contribution >= 4 is 57.4 Å². The molecule has 0 amide bonds. The fourth-order valence-corrected chi connectivity index (χ4v) is 11.6. The molecule has 2 nitrogen and oxygen atoms in total. The molecule has 3 heteroatoms. The predicted octanol–water partition coefficient (Wildman–Crippen LogP) is 15.5. The van der Waals surface area contributed by atoms with Gasteiger partial charge < -0.3 is 10.2 Å². The molecule has 65 heavy (non-hydrogen) atoms. The molecule has 11 rings (SSSR count). The maximum absolute atomic E-state index is 4.05. The van der Waals surface area contributed by atoms with Crippen molar-refractivity contribution in [2.75, 3.05) is 10.2 Å². The highest BCUT2D eigenvalue weighted by Gasteiger charge is 2.41. The van der Waals surface area contributed by atoms with E-state index in [1.54, 1.807) is 0 Å². The Morgan fingerprint density at radius 2 is 0.985 bits per heavy atom. The van der Waals surface area contributed by atoms with Crippen LogP contribution in [0.15, 0.2) is 164 Å². The van der Waals surface area contributed by atoms with Gasteiger partial charge in [0.2, 0.25) is 0 Å². The Balaban J connectivity index is 1.16. The minimum absolute atomic E-state index is 0.0764. The summed E-state index contributed by atoms with van der Waals surface area (Å²) in [6, 6.07) is 61.9. The van der Waals surface area contributed by atoms with Crippen molar-refractivity contribution < 1.29 is 0 Å². The smallest absolute Gasteiger partial charge is 0.198 e. The van der Waals surface area contributed by atoms with Gasteiger partial charge in [-0.15, -0.1) is 0 Å². The van der Waals surface area contributed by atoms with Gasteiger partial charge in [-0.05, 0) is 157 Å². The van der Waals surface area contributed by atoms with Crippen LogP contribution in [0, 0.1) is 0 Å². The summed E-state index contributed by atoms with van der Waals surface area (Å²) in [5, 5.41) is 6.56. The van der Waals surface area contributed by atoms with Crippen molar-refractivity contribution in [1.29, 1.82) is 0 Å². The zero-order chi connectivity index (χ0) is 44.9. The lowest BCUT2D eigenvalue weighted by Gasteiger charge is -2.44. The van der Waals surface area contributed by atoms with E-state index in [1.165, 1.54) is 120 Å². The lowest BCUT2D eigenvalue weighted by molar-refractivity contribution is 0.332. The molecule has 0 saturated carbocycles. The summed E-state index contributed by atoms with van der Waals surface area (Å²) < 4.78 is 0. The molecule has 0 aromatic heterocycles. The van der Waals surface area contributed by atoms with E-state index >= 15 is 0 Å². The maximum atomic E-state index is 4.05. The van der Waals surface area contributed by atoms with Crippen molar-refractivity contribution in [2.24, 2.45) is 0 Å². The van der Waals surface area contributed by atoms with Crippen LogP contribution in [0.3, 0.4) is 0 Å². The van der Waals surface area contributed by atoms with Gasteiger partial charge >= 0.3 is 0 Å². The molecule has 1 aliphatic heterocycles. The summed E-state index contributed by atoms with van der Waals surface area (Å²) >= 11 is 0. The van der Waals surface area contributed by atoms with E-state index in [1.807, 2.05) is 0 Å². The first-order valence-corrected chi connectivity index (χ1v) is 24.0. The Kier molecular flexibility index (Phi) is 9.63. The molecular weight excluding hydrogens is 784 g/mol. The number of nitrogens with one attached hydrogen (secondary N) is 1. The molecule has 0 saturated heterocycles. The van der Waals surface area contributed by atoms with Crippen LogP contribution in [-0.2, 0) is 21.7 Å². The average Bonchev–Trinajstić information content (AvgIpc) is 3.31. The average molecular weight is 845 g/mol. The number of hydrogen-bond donors (Lipinski definition) is 1. The second kappa shape index (κ2) is 15.1. The van der Waals surface area contributed by atoms with Crippen LogP contribution >= 0.6 is 0 Å². The normalized spacial score (nSPS) is 17.3. The van der Waals surface area contributed by atoms with Crippen molar-refractivity contribution in [3.05, 3.63) is 186 Å². The van der Waals surface area contributed by atoms with Crippen molar-refractivity contribution in [3.63, 3.8) is 0 Å². The molecule has 0 spiro atoms. The molecule has 1 N–H and O–H groups in total. The quantitative estimate of drug-likeness (QED) is 0.168. The molecule has 2 aliphatic carbocycles. The summed E-state index contributed by atoms with van der Waals surface area (Å²) in [6.45, 7) is 19.5. The second-order valence-corrected chi connectivity index (χ2v) is 22.0. The molecule has 0 unspecified atom stereocenters. The van der Waals surface area contributed by atoms with Gasteiger partial charge in [-0.2, -0.15) is 0 Å². The highest BCUT2D eigenvalue weighted by atomic mass is 15.2. The van der Waals surface area contributed by atoms with E-state index < -0.39 is 0 Å². The highest BCUT2D eigenvalue weighted by Crippen LogP contribution is 2.51. The van der Waals surface area contributed by atoms with Gasteiger partial charge in [-0.1, -0.05) is 176 Å². The number of benzene rings is 8. The molecule has 0 radical (unpaired) electrons. The molecule has 3 aliphatic rings. The fourth-order valence-electron chi connectivity index (χ4n) is 11.6. The van der Waals surface area contributed by atoms with Gasteiger partial charge in [-0.3, -0.25) is 0 Å². The lowest BCUT2D eigenvalue weighted by Crippen LogP contribution is -2.44. The molecule has 322 valence electrons. The lowest BCUT2D eigenvalue weighted by atomic mass is 9.55. The van der Waals surface area contributed by atoms with Crippen LogP contribution in [0.25, 0.3) is 44.2 Å². The van der Waals surface area contributed by atoms with Crippen molar-refractivity contribution in [1.82, 2.24) is 0 Å². The summed E-state index contributed by atoms with van der Waals surface area (Å²) in [4.78, 5) is 2.62. The van der Waals surface area contributed by atoms with E-state index in [0.717, 1.165) is 18.7 Å². The largest absolute Gasteiger partial charge is 0.355 e. The first-order valence-electron chi connectivity index (χ1n) is 24.0. The third-order valence-corrected chi connectivity index (χ3v) is 15.8. The SMILES string of the molecule is CC1(C)CCC(C)(C)c2cc(Nc3ccc(-c4ccccc4)cc3-c3cc4ccccc4c4c3Bc3cc5c(cc3N4c3ccc(-c4ccccc4)cc3)C(C)(C)CCC5(C)C)ccc21. The van der Waals surface area contributed by atoms with Crippen LogP contribution in [0.1, 0.15) is 103 Å². The van der Waals surface area contributed by atoms with Gasteiger partial charge in [0.15, 0.2) is 7.28 Å². The zero-order valence-electron chi connectivity index (χ0n) is 39.6. The predicted molar refractivity (Wildman–Crippen MR) is 282 cm³/mol. The molecule has 0 fully saturated rings. The first kappa shape index (κ1) is 41.4. The topological polar surface area (TPSA) is 15.3 Å². The Morgan fingerprint density at radius 1 is 0.446 bits per heavy atom. The van der Waals surface area contributed by atoms with Gasteiger partial charge in [0.05, 0.1) is 0 Å². The highest BCUT2D eigenvalue weighted by molar-refractivity contribution is 6.74. The number of rotatable bonds is 6. The standard InChI is InChI=1S/C62H61BN2/c1-59(2)31-32-60(3,4)51-37-45(26-29-50(51)59)64-55-30-25-43(41-19-13-10-14-20-41)35-48(55)49-36-44-21-15-16-22-47(44)58-57(49)63-54-38-52-53(62(7,8)34-33-61(52,5)6)39-56(54)65(58)46-27-23-42(24-28-46)40-17-11-9-12-18-40/h9-30,35-39,63-64H,31-34H2,1-8H3. The number of nitrogens with zero attached hydrogens (tertiary/aromatic N) is 1. The van der Waals surface area contributed by atoms with Crippen molar-refractivity contribution in [3.8, 4) is 33.4 Å². The van der Waals surface area contributed by atoms with Crippen LogP contribution < -0.4 is 21.1 Å². The Labute approximate surface area is 388 Å². The first-order chi connectivity index (χ1) is 31.2. The van der Waals surface area contributed by atoms with E-state index in [9.17, 15) is 0 Å². The number of fused-ring (bicyclic) bond motifs is 6. The summed E-state index contributed by atoms with van der Waals surface area (Å²) in [5.41, 5.74) is 22.5. The minimum Gasteiger partial charge on any atom is -0.355 e. The fraction of sp³-hybridized carbons (Fsp3) is 0.258. The Morgan fingerprint density at radius 3 is 1.65 bits per heavy atom. The Bertz CT molecular complexity index is 3140. The van der Waals surface area contributed by atoms with Crippen LogP contribution in [-0.4, -0.2) is 7.28 Å². The maximum Gasteiger partial charge on any atom is 0.198 e. The molecular formula is C62H61BN2. The van der Waals surface area contributed by atoms with Crippen LogP contribution in [0.4, 0.5) is 28.4 Å². The van der Waals surface area contributed by atoms with Gasteiger partial charge in [-0.25, -0.2) is 0 Å². The molecule has 0 atom stereocenters. The van der Waals surface area contributed by atoms with Gasteiger partial charge in [0.1, 0.15) is 0 Å². The van der Waals surface area contributed by atoms with Gasteiger partial charge in [0, 0.05) is 39.4 Å². The Hall–Kier alpha value is -6.32. The third-order valence-electron chi connectivity index (χ3n) is 15.8. The third kappa shape index (κ3) is 7.10. The van der Waals surface area contributed by atoms with E-state index in [2.05, 4.69) is 229 Å². The molecule has 1 heterocycles. The van der Waals surface area contributed by atoms with Crippen LogP contribution in [0.5, 0.6) is 0 Å². The van der Waals surface area contributed by atoms with Crippen LogP contribution in [0.2, 0.25) is 0 Å². The zero-order valence-corrected chi connectivity index (χ0v) is 39.6. The minimum atomic E-state index is 0.0764. The summed E-state index contributed by atoms with van der Waals surface area (Å²) in [6.07, 6.45) is 4.74. The van der Waals surface area contributed by atoms with E-state index in [4.69, 9.17) is 0 Å². The number of hydrogen-bond acceptors (Lipinski definition) is 2. The summed E-state index contributed by atoms with van der Waals surface area (Å²) in [5.74, 6) is 0. The molecule has 8 aromatic carbocycles. The molecule has 0 bridgehead atoms. The van der Waals surface area contributed by atoms with E-state index in [0.29, 0.717) is 0 Å². The van der Waals surface area contributed by atoms with Crippen molar-refractivity contribution in [2.45, 2.75) is 103 Å². The number of anilines is 5.